The second-order valence-electron chi connectivity index (χ2n) is 9.08. The third-order valence-corrected chi connectivity index (χ3v) is 10.7. The monoisotopic (exact) mass is 393 g/mol. The fourth-order valence-corrected chi connectivity index (χ4v) is 8.90. The molecule has 1 aliphatic heterocycles. The van der Waals surface area contributed by atoms with Gasteiger partial charge >= 0.3 is 0 Å². The van der Waals surface area contributed by atoms with Crippen LogP contribution in [0.25, 0.3) is 11.1 Å². The van der Waals surface area contributed by atoms with Crippen molar-refractivity contribution >= 4 is 8.80 Å². The lowest BCUT2D eigenvalue weighted by atomic mass is 9.60. The Morgan fingerprint density at radius 3 is 2.00 bits per heavy atom. The zero-order chi connectivity index (χ0) is 19.4. The summed E-state index contributed by atoms with van der Waals surface area (Å²) in [6, 6.07) is 20.8. The Balaban J connectivity index is 1.56. The van der Waals surface area contributed by atoms with Gasteiger partial charge in [-0.25, -0.2) is 4.39 Å². The van der Waals surface area contributed by atoms with Crippen molar-refractivity contribution in [3.05, 3.63) is 59.9 Å². The molecular formula is C26H34FSi. The van der Waals surface area contributed by atoms with E-state index in [2.05, 4.69) is 31.2 Å². The molecule has 2 fully saturated rings. The Bertz CT molecular complexity index is 735. The van der Waals surface area contributed by atoms with Gasteiger partial charge in [0.25, 0.3) is 0 Å². The van der Waals surface area contributed by atoms with Gasteiger partial charge < -0.3 is 0 Å². The molecule has 0 unspecified atom stereocenters. The average Bonchev–Trinajstić information content (AvgIpc) is 2.76. The van der Waals surface area contributed by atoms with Crippen LogP contribution in [-0.2, 0) is 5.41 Å². The molecule has 4 rings (SSSR count). The maximum absolute atomic E-state index is 13.2. The van der Waals surface area contributed by atoms with E-state index in [1.807, 2.05) is 12.1 Å². The number of benzene rings is 2. The van der Waals surface area contributed by atoms with Crippen molar-refractivity contribution in [3.63, 3.8) is 0 Å². The quantitative estimate of drug-likeness (QED) is 0.451. The highest BCUT2D eigenvalue weighted by Gasteiger charge is 2.42. The summed E-state index contributed by atoms with van der Waals surface area (Å²) in [6.45, 7) is 2.36. The average molecular weight is 394 g/mol. The molecule has 1 heterocycles. The summed E-state index contributed by atoms with van der Waals surface area (Å²) in [5, 5.41) is 0. The number of hydrogen-bond donors (Lipinski definition) is 0. The van der Waals surface area contributed by atoms with Crippen molar-refractivity contribution in [3.8, 4) is 11.1 Å². The Hall–Kier alpha value is -1.41. The smallest absolute Gasteiger partial charge is 0.123 e. The van der Waals surface area contributed by atoms with Crippen molar-refractivity contribution in [1.29, 1.82) is 0 Å². The lowest BCUT2D eigenvalue weighted by Crippen LogP contribution is -2.40. The molecule has 2 heteroatoms. The predicted molar refractivity (Wildman–Crippen MR) is 120 cm³/mol. The van der Waals surface area contributed by atoms with Crippen molar-refractivity contribution in [2.24, 2.45) is 5.92 Å². The molecular weight excluding hydrogens is 359 g/mol. The SMILES string of the molecule is CCC[Si]1CCC(C2(c3ccc(-c4ccc(F)cc4)cc3)CCCCC2)CC1. The molecule has 0 bridgehead atoms. The molecule has 0 amide bonds. The highest BCUT2D eigenvalue weighted by Crippen LogP contribution is 2.50. The van der Waals surface area contributed by atoms with Gasteiger partial charge in [0.2, 0.25) is 0 Å². The number of halogens is 1. The van der Waals surface area contributed by atoms with Crippen LogP contribution in [0.4, 0.5) is 4.39 Å². The van der Waals surface area contributed by atoms with Crippen LogP contribution in [0.2, 0.25) is 18.1 Å². The molecule has 0 atom stereocenters. The Labute approximate surface area is 172 Å². The number of hydrogen-bond acceptors (Lipinski definition) is 0. The van der Waals surface area contributed by atoms with E-state index >= 15 is 0 Å². The summed E-state index contributed by atoms with van der Waals surface area (Å²) >= 11 is 0. The second kappa shape index (κ2) is 8.94. The van der Waals surface area contributed by atoms with Crippen molar-refractivity contribution < 1.29 is 4.39 Å². The van der Waals surface area contributed by atoms with Gasteiger partial charge in [-0.3, -0.25) is 0 Å². The first-order chi connectivity index (χ1) is 13.7. The fourth-order valence-electron chi connectivity index (χ4n) is 5.93. The van der Waals surface area contributed by atoms with E-state index in [1.165, 1.54) is 63.0 Å². The topological polar surface area (TPSA) is 0 Å². The molecule has 2 aliphatic rings. The summed E-state index contributed by atoms with van der Waals surface area (Å²) in [6.07, 6.45) is 11.3. The zero-order valence-corrected chi connectivity index (χ0v) is 18.4. The minimum atomic E-state index is -0.164. The van der Waals surface area contributed by atoms with Crippen LogP contribution in [-0.4, -0.2) is 8.80 Å². The first kappa shape index (κ1) is 19.9. The molecule has 0 aromatic heterocycles. The van der Waals surface area contributed by atoms with Gasteiger partial charge in [-0.2, -0.15) is 0 Å². The first-order valence-corrected chi connectivity index (χ1v) is 13.5. The molecule has 28 heavy (non-hydrogen) atoms. The van der Waals surface area contributed by atoms with Crippen LogP contribution in [0, 0.1) is 11.7 Å². The molecule has 1 radical (unpaired) electrons. The van der Waals surface area contributed by atoms with Gasteiger partial charge in [-0.05, 0) is 53.0 Å². The Morgan fingerprint density at radius 1 is 0.857 bits per heavy atom. The third-order valence-electron chi connectivity index (χ3n) is 7.46. The van der Waals surface area contributed by atoms with Crippen molar-refractivity contribution in [1.82, 2.24) is 0 Å². The highest BCUT2D eigenvalue weighted by atomic mass is 28.3. The van der Waals surface area contributed by atoms with E-state index in [-0.39, 0.29) is 14.6 Å². The fraction of sp³-hybridized carbons (Fsp3) is 0.538. The van der Waals surface area contributed by atoms with Gasteiger partial charge in [-0.1, -0.05) is 100.0 Å². The number of rotatable bonds is 5. The van der Waals surface area contributed by atoms with E-state index in [0.29, 0.717) is 5.41 Å². The minimum Gasteiger partial charge on any atom is -0.207 e. The summed E-state index contributed by atoms with van der Waals surface area (Å²) in [5.41, 5.74) is 4.30. The maximum atomic E-state index is 13.2. The highest BCUT2D eigenvalue weighted by molar-refractivity contribution is 6.58. The summed E-state index contributed by atoms with van der Waals surface area (Å²) < 4.78 is 13.2. The molecule has 1 aliphatic carbocycles. The van der Waals surface area contributed by atoms with E-state index in [4.69, 9.17) is 0 Å². The largest absolute Gasteiger partial charge is 0.207 e. The molecule has 1 saturated carbocycles. The predicted octanol–water partition coefficient (Wildman–Crippen LogP) is 8.01. The first-order valence-electron chi connectivity index (χ1n) is 11.4. The van der Waals surface area contributed by atoms with E-state index in [1.54, 1.807) is 29.8 Å². The molecule has 149 valence electrons. The van der Waals surface area contributed by atoms with Gasteiger partial charge in [-0.15, -0.1) is 0 Å². The molecule has 2 aromatic carbocycles. The van der Waals surface area contributed by atoms with Crippen LogP contribution in [0.1, 0.15) is 63.9 Å². The van der Waals surface area contributed by atoms with Crippen molar-refractivity contribution in [2.45, 2.75) is 81.8 Å². The normalized spacial score (nSPS) is 20.9. The van der Waals surface area contributed by atoms with Crippen LogP contribution >= 0.6 is 0 Å². The third kappa shape index (κ3) is 4.12. The molecule has 2 aromatic rings. The van der Waals surface area contributed by atoms with Crippen LogP contribution < -0.4 is 0 Å². The maximum Gasteiger partial charge on any atom is 0.123 e. The standard InChI is InChI=1S/C26H34FSi/c1-2-18-28-19-14-24(15-20-28)26(16-4-3-5-17-26)23-10-6-21(7-11-23)22-8-12-25(27)13-9-22/h6-13,24H,2-5,14-20H2,1H3. The Morgan fingerprint density at radius 2 is 1.43 bits per heavy atom. The summed E-state index contributed by atoms with van der Waals surface area (Å²) in [5.74, 6) is 0.720. The lowest BCUT2D eigenvalue weighted by Gasteiger charge is -2.47. The zero-order valence-electron chi connectivity index (χ0n) is 17.4. The minimum absolute atomic E-state index is 0.0535. The lowest BCUT2D eigenvalue weighted by molar-refractivity contribution is 0.174. The van der Waals surface area contributed by atoms with E-state index in [0.717, 1.165) is 11.5 Å². The van der Waals surface area contributed by atoms with E-state index in [9.17, 15) is 4.39 Å². The second-order valence-corrected chi connectivity index (χ2v) is 12.1. The summed E-state index contributed by atoms with van der Waals surface area (Å²) in [4.78, 5) is 0. The van der Waals surface area contributed by atoms with Crippen LogP contribution in [0.15, 0.2) is 48.5 Å². The van der Waals surface area contributed by atoms with Gasteiger partial charge in [0.05, 0.1) is 0 Å². The molecule has 0 spiro atoms. The molecule has 0 N–H and O–H groups in total. The summed E-state index contributed by atoms with van der Waals surface area (Å²) in [7, 11) is -0.0535. The molecule has 0 nitrogen and oxygen atoms in total. The van der Waals surface area contributed by atoms with E-state index < -0.39 is 0 Å². The van der Waals surface area contributed by atoms with Gasteiger partial charge in [0, 0.05) is 8.80 Å². The van der Waals surface area contributed by atoms with Gasteiger partial charge in [0.1, 0.15) is 5.82 Å². The van der Waals surface area contributed by atoms with Gasteiger partial charge in [0.15, 0.2) is 0 Å². The van der Waals surface area contributed by atoms with Crippen LogP contribution in [0.5, 0.6) is 0 Å². The van der Waals surface area contributed by atoms with Crippen LogP contribution in [0.3, 0.4) is 0 Å². The molecule has 1 saturated heterocycles. The van der Waals surface area contributed by atoms with Crippen molar-refractivity contribution in [2.75, 3.05) is 0 Å². The Kier molecular flexibility index (Phi) is 6.35.